The van der Waals surface area contributed by atoms with Crippen molar-refractivity contribution in [1.29, 1.82) is 0 Å². The summed E-state index contributed by atoms with van der Waals surface area (Å²) < 4.78 is 6.30. The summed E-state index contributed by atoms with van der Waals surface area (Å²) in [5.74, 6) is 0.612. The zero-order valence-corrected chi connectivity index (χ0v) is 28.3. The molecule has 244 valence electrons. The Morgan fingerprint density at radius 3 is 1.73 bits per heavy atom. The zero-order valence-electron chi connectivity index (χ0n) is 28.3. The van der Waals surface area contributed by atoms with Gasteiger partial charge in [0, 0.05) is 27.9 Å². The molecule has 0 amide bonds. The van der Waals surface area contributed by atoms with E-state index < -0.39 is 0 Å². The minimum atomic E-state index is 0.612. The van der Waals surface area contributed by atoms with Crippen molar-refractivity contribution in [3.05, 3.63) is 194 Å². The quantitative estimate of drug-likeness (QED) is 0.166. The van der Waals surface area contributed by atoms with Crippen LogP contribution in [0.3, 0.4) is 0 Å². The number of benzene rings is 9. The average molecular weight is 665 g/mol. The fourth-order valence-corrected chi connectivity index (χ4v) is 7.58. The molecule has 9 aromatic carbocycles. The van der Waals surface area contributed by atoms with Crippen molar-refractivity contribution in [2.24, 2.45) is 0 Å². The van der Waals surface area contributed by atoms with E-state index in [1.54, 1.807) is 0 Å². The van der Waals surface area contributed by atoms with Crippen molar-refractivity contribution in [2.75, 3.05) is 4.90 Å². The molecular weight excluding hydrogens is 633 g/mol. The Hall–Kier alpha value is -6.97. The highest BCUT2D eigenvalue weighted by molar-refractivity contribution is 6.13. The normalized spacial score (nSPS) is 11.5. The number of para-hydroxylation sites is 1. The molecule has 1 heterocycles. The van der Waals surface area contributed by atoms with Gasteiger partial charge in [-0.15, -0.1) is 0 Å². The first kappa shape index (κ1) is 29.9. The predicted octanol–water partition coefficient (Wildman–Crippen LogP) is 13.8. The largest absolute Gasteiger partial charge is 0.436 e. The van der Waals surface area contributed by atoms with Crippen LogP contribution in [0.25, 0.3) is 77.1 Å². The number of nitrogens with zero attached hydrogens (tertiary/aromatic N) is 2. The van der Waals surface area contributed by atoms with E-state index in [1.807, 2.05) is 12.1 Å². The number of fused-ring (bicyclic) bond motifs is 6. The van der Waals surface area contributed by atoms with E-state index in [2.05, 4.69) is 187 Å². The highest BCUT2D eigenvalue weighted by atomic mass is 16.3. The molecule has 0 unspecified atom stereocenters. The van der Waals surface area contributed by atoms with Gasteiger partial charge in [-0.1, -0.05) is 140 Å². The summed E-state index contributed by atoms with van der Waals surface area (Å²) in [7, 11) is 0. The number of aromatic nitrogens is 1. The Morgan fingerprint density at radius 1 is 0.385 bits per heavy atom. The summed E-state index contributed by atoms with van der Waals surface area (Å²) in [6, 6.07) is 68.8. The minimum Gasteiger partial charge on any atom is -0.436 e. The summed E-state index contributed by atoms with van der Waals surface area (Å²) in [6.07, 6.45) is 0. The van der Waals surface area contributed by atoms with Gasteiger partial charge in [0.05, 0.1) is 5.69 Å². The van der Waals surface area contributed by atoms with Crippen molar-refractivity contribution in [1.82, 2.24) is 4.98 Å². The maximum atomic E-state index is 6.30. The van der Waals surface area contributed by atoms with Crippen LogP contribution in [-0.4, -0.2) is 4.98 Å². The van der Waals surface area contributed by atoms with E-state index in [4.69, 9.17) is 9.40 Å². The van der Waals surface area contributed by atoms with Crippen LogP contribution in [0.1, 0.15) is 0 Å². The van der Waals surface area contributed by atoms with E-state index in [0.717, 1.165) is 55.6 Å². The number of rotatable bonds is 6. The summed E-state index contributed by atoms with van der Waals surface area (Å²) in [5.41, 5.74) is 10.5. The van der Waals surface area contributed by atoms with E-state index in [1.165, 1.54) is 32.7 Å². The second-order valence-corrected chi connectivity index (χ2v) is 13.2. The summed E-state index contributed by atoms with van der Waals surface area (Å²) in [4.78, 5) is 7.30. The zero-order chi connectivity index (χ0) is 34.4. The van der Waals surface area contributed by atoms with E-state index in [-0.39, 0.29) is 0 Å². The predicted molar refractivity (Wildman–Crippen MR) is 218 cm³/mol. The number of anilines is 3. The van der Waals surface area contributed by atoms with Crippen molar-refractivity contribution < 1.29 is 4.42 Å². The topological polar surface area (TPSA) is 29.3 Å². The standard InChI is InChI=1S/C49H32N2O/c1-2-12-33(13-3-1)41-17-10-11-21-46(41)51(39-29-24-36(25-30-39)49-50-48-42-18-7-4-14-34(42)26-31-47(48)52-49)38-27-22-35(23-28-38)45-32-37-15-5-6-16-40(37)43-19-8-9-20-44(43)45/h1-32H. The molecule has 0 bridgehead atoms. The molecular formula is C49H32N2O. The summed E-state index contributed by atoms with van der Waals surface area (Å²) in [6.45, 7) is 0. The Bertz CT molecular complexity index is 2890. The van der Waals surface area contributed by atoms with Gasteiger partial charge in [0.1, 0.15) is 5.52 Å². The maximum absolute atomic E-state index is 6.30. The van der Waals surface area contributed by atoms with Gasteiger partial charge in [-0.05, 0) is 98.2 Å². The Labute approximate surface area is 301 Å². The molecule has 0 spiro atoms. The molecule has 0 atom stereocenters. The fraction of sp³-hybridized carbons (Fsp3) is 0. The monoisotopic (exact) mass is 664 g/mol. The molecule has 0 fully saturated rings. The van der Waals surface area contributed by atoms with Crippen molar-refractivity contribution in [3.63, 3.8) is 0 Å². The lowest BCUT2D eigenvalue weighted by molar-refractivity contribution is 0.620. The Kier molecular flexibility index (Phi) is 7.14. The third-order valence-corrected chi connectivity index (χ3v) is 10.1. The maximum Gasteiger partial charge on any atom is 0.227 e. The van der Waals surface area contributed by atoms with Crippen LogP contribution in [0.4, 0.5) is 17.1 Å². The molecule has 3 nitrogen and oxygen atoms in total. The highest BCUT2D eigenvalue weighted by Crippen LogP contribution is 2.43. The van der Waals surface area contributed by atoms with Gasteiger partial charge in [0.15, 0.2) is 5.58 Å². The first-order chi connectivity index (χ1) is 25.8. The van der Waals surface area contributed by atoms with E-state index in [0.29, 0.717) is 5.89 Å². The molecule has 0 saturated heterocycles. The molecule has 0 aliphatic heterocycles. The van der Waals surface area contributed by atoms with Crippen LogP contribution in [0.2, 0.25) is 0 Å². The van der Waals surface area contributed by atoms with Crippen LogP contribution in [0.5, 0.6) is 0 Å². The van der Waals surface area contributed by atoms with Gasteiger partial charge in [0.25, 0.3) is 0 Å². The molecule has 10 rings (SSSR count). The summed E-state index contributed by atoms with van der Waals surface area (Å²) in [5, 5.41) is 7.28. The van der Waals surface area contributed by atoms with Gasteiger partial charge in [0.2, 0.25) is 5.89 Å². The first-order valence-corrected chi connectivity index (χ1v) is 17.6. The molecule has 3 heteroatoms. The first-order valence-electron chi connectivity index (χ1n) is 17.6. The number of hydrogen-bond acceptors (Lipinski definition) is 3. The molecule has 52 heavy (non-hydrogen) atoms. The van der Waals surface area contributed by atoms with Gasteiger partial charge in [-0.25, -0.2) is 4.98 Å². The molecule has 0 N–H and O–H groups in total. The highest BCUT2D eigenvalue weighted by Gasteiger charge is 2.19. The van der Waals surface area contributed by atoms with Crippen molar-refractivity contribution in [3.8, 4) is 33.7 Å². The van der Waals surface area contributed by atoms with Crippen LogP contribution < -0.4 is 4.90 Å². The van der Waals surface area contributed by atoms with Gasteiger partial charge < -0.3 is 9.32 Å². The second kappa shape index (κ2) is 12.4. The minimum absolute atomic E-state index is 0.612. The molecule has 1 aromatic heterocycles. The molecule has 0 aliphatic rings. The molecule has 0 saturated carbocycles. The van der Waals surface area contributed by atoms with Crippen LogP contribution in [0, 0.1) is 0 Å². The third-order valence-electron chi connectivity index (χ3n) is 10.1. The number of hydrogen-bond donors (Lipinski definition) is 0. The van der Waals surface area contributed by atoms with Gasteiger partial charge in [-0.3, -0.25) is 0 Å². The molecule has 0 radical (unpaired) electrons. The van der Waals surface area contributed by atoms with Gasteiger partial charge in [-0.2, -0.15) is 0 Å². The van der Waals surface area contributed by atoms with Gasteiger partial charge >= 0.3 is 0 Å². The Morgan fingerprint density at radius 2 is 0.962 bits per heavy atom. The van der Waals surface area contributed by atoms with E-state index in [9.17, 15) is 0 Å². The molecule has 0 aliphatic carbocycles. The average Bonchev–Trinajstić information content (AvgIpc) is 3.67. The van der Waals surface area contributed by atoms with Crippen LogP contribution in [0.15, 0.2) is 199 Å². The molecule has 10 aromatic rings. The lowest BCUT2D eigenvalue weighted by Gasteiger charge is -2.28. The van der Waals surface area contributed by atoms with Crippen LogP contribution >= 0.6 is 0 Å². The smallest absolute Gasteiger partial charge is 0.227 e. The number of oxazole rings is 1. The lowest BCUT2D eigenvalue weighted by Crippen LogP contribution is -2.11. The fourth-order valence-electron chi connectivity index (χ4n) is 7.58. The van der Waals surface area contributed by atoms with Crippen molar-refractivity contribution >= 4 is 60.5 Å². The Balaban J connectivity index is 1.09. The lowest BCUT2D eigenvalue weighted by atomic mass is 9.93. The van der Waals surface area contributed by atoms with Crippen LogP contribution in [-0.2, 0) is 0 Å². The second-order valence-electron chi connectivity index (χ2n) is 13.2. The third kappa shape index (κ3) is 5.10. The SMILES string of the molecule is c1ccc(-c2ccccc2N(c2ccc(-c3nc4c(ccc5ccccc54)o3)cc2)c2ccc(-c3cc4ccccc4c4ccccc34)cc2)cc1. The summed E-state index contributed by atoms with van der Waals surface area (Å²) >= 11 is 0. The van der Waals surface area contributed by atoms with E-state index >= 15 is 0 Å². The van der Waals surface area contributed by atoms with Crippen molar-refractivity contribution in [2.45, 2.75) is 0 Å².